The highest BCUT2D eigenvalue weighted by Crippen LogP contribution is 2.41. The second-order valence-electron chi connectivity index (χ2n) is 6.17. The van der Waals surface area contributed by atoms with Gasteiger partial charge in [0.15, 0.2) is 0 Å². The van der Waals surface area contributed by atoms with E-state index in [1.54, 1.807) is 0 Å². The van der Waals surface area contributed by atoms with Crippen LogP contribution in [0, 0.1) is 5.92 Å². The van der Waals surface area contributed by atoms with Gasteiger partial charge in [-0.15, -0.1) is 0 Å². The first kappa shape index (κ1) is 16.1. The molecule has 2 atom stereocenters. The smallest absolute Gasteiger partial charge is 0.261 e. The van der Waals surface area contributed by atoms with E-state index < -0.39 is 19.1 Å². The minimum Gasteiger partial charge on any atom is -0.393 e. The van der Waals surface area contributed by atoms with Crippen molar-refractivity contribution in [2.24, 2.45) is 5.92 Å². The molecule has 1 aliphatic carbocycles. The van der Waals surface area contributed by atoms with Crippen LogP contribution in [-0.2, 0) is 9.47 Å². The van der Waals surface area contributed by atoms with E-state index in [-0.39, 0.29) is 18.1 Å². The molecule has 2 aliphatic rings. The number of alkyl halides is 2. The third-order valence-corrected chi connectivity index (χ3v) is 4.64. The minimum absolute atomic E-state index is 0.0218. The van der Waals surface area contributed by atoms with Gasteiger partial charge >= 0.3 is 0 Å². The largest absolute Gasteiger partial charge is 0.393 e. The number of hydrogen-bond donors (Lipinski definition) is 1. The van der Waals surface area contributed by atoms with Crippen molar-refractivity contribution in [2.45, 2.75) is 69.5 Å². The zero-order valence-corrected chi connectivity index (χ0v) is 12.0. The van der Waals surface area contributed by atoms with Gasteiger partial charge < -0.3 is 14.6 Å². The standard InChI is InChI=1S/C15H26F2O3/c16-14(17)11-19-8-5-13(18)12-4-9-20-15(10-12)6-2-1-3-7-15/h12-14,18H,1-11H2. The van der Waals surface area contributed by atoms with E-state index in [0.29, 0.717) is 13.0 Å². The Bertz CT molecular complexity index is 275. The Morgan fingerprint density at radius 2 is 2.00 bits per heavy atom. The predicted octanol–water partition coefficient (Wildman–Crippen LogP) is 3.15. The molecule has 0 amide bonds. The van der Waals surface area contributed by atoms with Crippen molar-refractivity contribution in [3.63, 3.8) is 0 Å². The molecule has 0 aromatic rings. The number of halogens is 2. The van der Waals surface area contributed by atoms with Crippen molar-refractivity contribution < 1.29 is 23.4 Å². The molecule has 0 aromatic heterocycles. The molecule has 0 radical (unpaired) electrons. The number of aliphatic hydroxyl groups excluding tert-OH is 1. The van der Waals surface area contributed by atoms with Crippen LogP contribution in [0.4, 0.5) is 8.78 Å². The van der Waals surface area contributed by atoms with Crippen LogP contribution in [0.2, 0.25) is 0 Å². The Labute approximate surface area is 119 Å². The molecule has 1 saturated carbocycles. The molecule has 5 heteroatoms. The molecule has 1 saturated heterocycles. The van der Waals surface area contributed by atoms with Crippen molar-refractivity contribution in [3.8, 4) is 0 Å². The first-order chi connectivity index (χ1) is 9.61. The van der Waals surface area contributed by atoms with Gasteiger partial charge in [-0.1, -0.05) is 19.3 Å². The van der Waals surface area contributed by atoms with E-state index in [0.717, 1.165) is 25.7 Å². The molecule has 1 spiro atoms. The molecule has 0 bridgehead atoms. The maximum atomic E-state index is 11.9. The second kappa shape index (κ2) is 7.66. The summed E-state index contributed by atoms with van der Waals surface area (Å²) in [6, 6.07) is 0. The van der Waals surface area contributed by atoms with E-state index in [4.69, 9.17) is 9.47 Å². The monoisotopic (exact) mass is 292 g/mol. The first-order valence-electron chi connectivity index (χ1n) is 7.79. The highest BCUT2D eigenvalue weighted by atomic mass is 19.3. The van der Waals surface area contributed by atoms with Crippen molar-refractivity contribution >= 4 is 0 Å². The second-order valence-corrected chi connectivity index (χ2v) is 6.17. The fourth-order valence-corrected chi connectivity index (χ4v) is 3.55. The van der Waals surface area contributed by atoms with Crippen LogP contribution in [-0.4, -0.2) is 43.1 Å². The lowest BCUT2D eigenvalue weighted by atomic mass is 9.74. The summed E-state index contributed by atoms with van der Waals surface area (Å²) in [5, 5.41) is 10.2. The average Bonchev–Trinajstić information content (AvgIpc) is 2.44. The van der Waals surface area contributed by atoms with Crippen molar-refractivity contribution in [2.75, 3.05) is 19.8 Å². The molecule has 20 heavy (non-hydrogen) atoms. The highest BCUT2D eigenvalue weighted by molar-refractivity contribution is 4.91. The first-order valence-corrected chi connectivity index (χ1v) is 7.79. The topological polar surface area (TPSA) is 38.7 Å². The Morgan fingerprint density at radius 3 is 2.70 bits per heavy atom. The maximum Gasteiger partial charge on any atom is 0.261 e. The highest BCUT2D eigenvalue weighted by Gasteiger charge is 2.40. The lowest BCUT2D eigenvalue weighted by Gasteiger charge is -2.44. The van der Waals surface area contributed by atoms with E-state index >= 15 is 0 Å². The molecule has 1 heterocycles. The fourth-order valence-electron chi connectivity index (χ4n) is 3.55. The van der Waals surface area contributed by atoms with Crippen LogP contribution < -0.4 is 0 Å². The lowest BCUT2D eigenvalue weighted by molar-refractivity contribution is -0.135. The molecular formula is C15H26F2O3. The van der Waals surface area contributed by atoms with Gasteiger partial charge in [0, 0.05) is 13.2 Å². The number of aliphatic hydroxyl groups is 1. The number of rotatable bonds is 6. The zero-order chi connectivity index (χ0) is 14.4. The third kappa shape index (κ3) is 4.64. The van der Waals surface area contributed by atoms with E-state index in [1.165, 1.54) is 19.3 Å². The SMILES string of the molecule is OC(CCOCC(F)F)C1CCOC2(CCCCC2)C1. The van der Waals surface area contributed by atoms with Gasteiger partial charge in [0.2, 0.25) is 0 Å². The fraction of sp³-hybridized carbons (Fsp3) is 1.00. The van der Waals surface area contributed by atoms with E-state index in [2.05, 4.69) is 0 Å². The summed E-state index contributed by atoms with van der Waals surface area (Å²) >= 11 is 0. The molecule has 118 valence electrons. The molecule has 2 unspecified atom stereocenters. The van der Waals surface area contributed by atoms with Gasteiger partial charge in [-0.2, -0.15) is 0 Å². The van der Waals surface area contributed by atoms with E-state index in [1.807, 2.05) is 0 Å². The summed E-state index contributed by atoms with van der Waals surface area (Å²) in [6.07, 6.45) is 5.20. The van der Waals surface area contributed by atoms with Gasteiger partial charge in [0.25, 0.3) is 6.43 Å². The molecule has 2 rings (SSSR count). The lowest BCUT2D eigenvalue weighted by Crippen LogP contribution is -2.44. The van der Waals surface area contributed by atoms with Gasteiger partial charge in [-0.05, 0) is 38.0 Å². The maximum absolute atomic E-state index is 11.9. The molecule has 0 aromatic carbocycles. The van der Waals surface area contributed by atoms with Crippen LogP contribution in [0.1, 0.15) is 51.4 Å². The Balaban J connectivity index is 1.73. The summed E-state index contributed by atoms with van der Waals surface area (Å²) in [5.74, 6) is 0.219. The van der Waals surface area contributed by atoms with Crippen LogP contribution in [0.15, 0.2) is 0 Å². The number of hydrogen-bond acceptors (Lipinski definition) is 3. The Kier molecular flexibility index (Phi) is 6.18. The number of ether oxygens (including phenoxy) is 2. The quantitative estimate of drug-likeness (QED) is 0.764. The van der Waals surface area contributed by atoms with Gasteiger partial charge in [-0.3, -0.25) is 0 Å². The summed E-state index contributed by atoms with van der Waals surface area (Å²) in [5.41, 5.74) is -0.0218. The predicted molar refractivity (Wildman–Crippen MR) is 71.9 cm³/mol. The molecule has 3 nitrogen and oxygen atoms in total. The van der Waals surface area contributed by atoms with Crippen LogP contribution in [0.25, 0.3) is 0 Å². The van der Waals surface area contributed by atoms with Crippen LogP contribution >= 0.6 is 0 Å². The van der Waals surface area contributed by atoms with Crippen LogP contribution in [0.5, 0.6) is 0 Å². The normalized spacial score (nSPS) is 27.9. The van der Waals surface area contributed by atoms with Gasteiger partial charge in [0.1, 0.15) is 6.61 Å². The van der Waals surface area contributed by atoms with Crippen molar-refractivity contribution in [1.82, 2.24) is 0 Å². The van der Waals surface area contributed by atoms with Crippen molar-refractivity contribution in [1.29, 1.82) is 0 Å². The summed E-state index contributed by atoms with van der Waals surface area (Å²) in [7, 11) is 0. The molecular weight excluding hydrogens is 266 g/mol. The molecule has 1 N–H and O–H groups in total. The summed E-state index contributed by atoms with van der Waals surface area (Å²) in [6.45, 7) is 0.375. The van der Waals surface area contributed by atoms with Crippen molar-refractivity contribution in [3.05, 3.63) is 0 Å². The van der Waals surface area contributed by atoms with Crippen LogP contribution in [0.3, 0.4) is 0 Å². The van der Waals surface area contributed by atoms with Gasteiger partial charge in [0.05, 0.1) is 11.7 Å². The zero-order valence-electron chi connectivity index (χ0n) is 12.0. The minimum atomic E-state index is -2.43. The third-order valence-electron chi connectivity index (χ3n) is 4.64. The van der Waals surface area contributed by atoms with E-state index in [9.17, 15) is 13.9 Å². The Hall–Kier alpha value is -0.260. The van der Waals surface area contributed by atoms with Gasteiger partial charge in [-0.25, -0.2) is 8.78 Å². The average molecular weight is 292 g/mol. The summed E-state index contributed by atoms with van der Waals surface area (Å²) < 4.78 is 34.8. The molecule has 2 fully saturated rings. The Morgan fingerprint density at radius 1 is 1.25 bits per heavy atom. The summed E-state index contributed by atoms with van der Waals surface area (Å²) in [4.78, 5) is 0. The molecule has 1 aliphatic heterocycles.